The topological polar surface area (TPSA) is 88.1 Å². The summed E-state index contributed by atoms with van der Waals surface area (Å²) in [6, 6.07) is -0.114. The molecule has 0 aromatic carbocycles. The summed E-state index contributed by atoms with van der Waals surface area (Å²) < 4.78 is 11.4. The van der Waals surface area contributed by atoms with Gasteiger partial charge in [-0.3, -0.25) is 4.79 Å². The third-order valence-corrected chi connectivity index (χ3v) is 4.23. The third kappa shape index (κ3) is 4.31. The van der Waals surface area contributed by atoms with Crippen LogP contribution in [0.2, 0.25) is 0 Å². The molecule has 2 aliphatic rings. The second-order valence-electron chi connectivity index (χ2n) is 5.70. The zero-order chi connectivity index (χ0) is 15.3. The highest BCUT2D eigenvalue weighted by Gasteiger charge is 2.41. The van der Waals surface area contributed by atoms with E-state index in [2.05, 4.69) is 5.32 Å². The average molecular weight is 300 g/mol. The second kappa shape index (κ2) is 7.09. The van der Waals surface area contributed by atoms with Crippen LogP contribution in [0.3, 0.4) is 0 Å². The number of nitrogens with one attached hydrogen (secondary N) is 1. The highest BCUT2D eigenvalue weighted by atomic mass is 16.7. The first-order valence-electron chi connectivity index (χ1n) is 7.54. The number of carboxylic acid groups (broad SMARTS) is 1. The molecule has 7 heteroatoms. The Labute approximate surface area is 124 Å². The first-order chi connectivity index (χ1) is 10.0. The Morgan fingerprint density at radius 3 is 2.48 bits per heavy atom. The predicted molar refractivity (Wildman–Crippen MR) is 74.9 cm³/mol. The molecule has 0 aromatic heterocycles. The van der Waals surface area contributed by atoms with Crippen molar-refractivity contribution in [3.63, 3.8) is 0 Å². The van der Waals surface area contributed by atoms with Crippen molar-refractivity contribution in [2.75, 3.05) is 32.8 Å². The van der Waals surface area contributed by atoms with E-state index in [1.54, 1.807) is 4.90 Å². The number of rotatable bonds is 5. The van der Waals surface area contributed by atoms with Crippen molar-refractivity contribution in [1.82, 2.24) is 10.2 Å². The lowest BCUT2D eigenvalue weighted by Crippen LogP contribution is -2.49. The molecule has 0 unspecified atom stereocenters. The summed E-state index contributed by atoms with van der Waals surface area (Å²) in [5.41, 5.74) is 0. The minimum Gasteiger partial charge on any atom is -0.481 e. The number of urea groups is 1. The number of likely N-dealkylation sites (tertiary alicyclic amines) is 1. The highest BCUT2D eigenvalue weighted by Crippen LogP contribution is 2.34. The molecule has 0 atom stereocenters. The van der Waals surface area contributed by atoms with Crippen molar-refractivity contribution in [3.8, 4) is 0 Å². The van der Waals surface area contributed by atoms with Crippen LogP contribution in [0.15, 0.2) is 0 Å². The molecule has 2 fully saturated rings. The van der Waals surface area contributed by atoms with Crippen molar-refractivity contribution in [1.29, 1.82) is 0 Å². The Kier molecular flexibility index (Phi) is 5.41. The summed E-state index contributed by atoms with van der Waals surface area (Å²) in [7, 11) is 0. The Hall–Kier alpha value is -1.34. The van der Waals surface area contributed by atoms with Crippen LogP contribution in [0.1, 0.15) is 32.6 Å². The molecule has 2 amide bonds. The van der Waals surface area contributed by atoms with E-state index < -0.39 is 11.8 Å². The molecule has 0 bridgehead atoms. The highest BCUT2D eigenvalue weighted by molar-refractivity contribution is 5.74. The Morgan fingerprint density at radius 2 is 1.90 bits per heavy atom. The zero-order valence-electron chi connectivity index (χ0n) is 12.5. The summed E-state index contributed by atoms with van der Waals surface area (Å²) >= 11 is 0. The van der Waals surface area contributed by atoms with Crippen LogP contribution in [-0.4, -0.2) is 60.6 Å². The molecule has 2 rings (SSSR count). The van der Waals surface area contributed by atoms with Gasteiger partial charge in [-0.2, -0.15) is 0 Å². The average Bonchev–Trinajstić information content (AvgIpc) is 2.91. The van der Waals surface area contributed by atoms with E-state index in [1.807, 2.05) is 6.92 Å². The standard InChI is InChI=1S/C14H24N2O5/c1-14(20-9-10-21-14)11-4-7-16(8-5-11)13(19)15-6-2-3-12(17)18/h11H,2-10H2,1H3,(H,15,19)(H,17,18). The predicted octanol–water partition coefficient (Wildman–Crippen LogP) is 1.04. The van der Waals surface area contributed by atoms with Gasteiger partial charge in [0.1, 0.15) is 0 Å². The molecule has 0 aliphatic carbocycles. The van der Waals surface area contributed by atoms with E-state index in [0.29, 0.717) is 45.2 Å². The maximum atomic E-state index is 12.0. The molecule has 2 heterocycles. The van der Waals surface area contributed by atoms with Gasteiger partial charge >= 0.3 is 12.0 Å². The summed E-state index contributed by atoms with van der Waals surface area (Å²) in [6.45, 7) is 5.01. The number of piperidine rings is 1. The number of ether oxygens (including phenoxy) is 2. The fraction of sp³-hybridized carbons (Fsp3) is 0.857. The summed E-state index contributed by atoms with van der Waals surface area (Å²) in [4.78, 5) is 24.1. The lowest BCUT2D eigenvalue weighted by atomic mass is 9.89. The number of carbonyl (C=O) groups excluding carboxylic acids is 1. The molecule has 2 aliphatic heterocycles. The second-order valence-corrected chi connectivity index (χ2v) is 5.70. The minimum atomic E-state index is -0.838. The third-order valence-electron chi connectivity index (χ3n) is 4.23. The van der Waals surface area contributed by atoms with Crippen LogP contribution in [0.4, 0.5) is 4.79 Å². The van der Waals surface area contributed by atoms with E-state index in [0.717, 1.165) is 12.8 Å². The van der Waals surface area contributed by atoms with Crippen LogP contribution in [-0.2, 0) is 14.3 Å². The molecule has 0 radical (unpaired) electrons. The van der Waals surface area contributed by atoms with E-state index in [-0.39, 0.29) is 12.5 Å². The molecule has 0 spiro atoms. The number of aliphatic carboxylic acids is 1. The van der Waals surface area contributed by atoms with Gasteiger partial charge in [0.25, 0.3) is 0 Å². The first kappa shape index (κ1) is 16.0. The summed E-state index contributed by atoms with van der Waals surface area (Å²) in [5.74, 6) is -1.02. The number of nitrogens with zero attached hydrogens (tertiary/aromatic N) is 1. The lowest BCUT2D eigenvalue weighted by Gasteiger charge is -2.38. The van der Waals surface area contributed by atoms with Gasteiger partial charge in [-0.05, 0) is 26.2 Å². The lowest BCUT2D eigenvalue weighted by molar-refractivity contribution is -0.189. The van der Waals surface area contributed by atoms with Gasteiger partial charge < -0.3 is 24.8 Å². The molecule has 0 saturated carbocycles. The fourth-order valence-electron chi connectivity index (χ4n) is 2.92. The smallest absolute Gasteiger partial charge is 0.317 e. The number of hydrogen-bond acceptors (Lipinski definition) is 4. The first-order valence-corrected chi connectivity index (χ1v) is 7.54. The Morgan fingerprint density at radius 1 is 1.29 bits per heavy atom. The van der Waals surface area contributed by atoms with E-state index in [9.17, 15) is 9.59 Å². The molecule has 2 N–H and O–H groups in total. The molecule has 7 nitrogen and oxygen atoms in total. The van der Waals surface area contributed by atoms with Crippen molar-refractivity contribution in [2.45, 2.75) is 38.4 Å². The molecule has 2 saturated heterocycles. The van der Waals surface area contributed by atoms with Crippen LogP contribution in [0.25, 0.3) is 0 Å². The number of amides is 2. The maximum Gasteiger partial charge on any atom is 0.317 e. The zero-order valence-corrected chi connectivity index (χ0v) is 12.5. The Bertz CT molecular complexity index is 374. The number of carboxylic acids is 1. The summed E-state index contributed by atoms with van der Waals surface area (Å²) in [5, 5.41) is 11.3. The van der Waals surface area contributed by atoms with Gasteiger partial charge in [-0.15, -0.1) is 0 Å². The monoisotopic (exact) mass is 300 g/mol. The quantitative estimate of drug-likeness (QED) is 0.741. The van der Waals surface area contributed by atoms with Crippen molar-refractivity contribution >= 4 is 12.0 Å². The fourth-order valence-corrected chi connectivity index (χ4v) is 2.92. The van der Waals surface area contributed by atoms with Gasteiger partial charge in [-0.25, -0.2) is 4.79 Å². The van der Waals surface area contributed by atoms with Gasteiger partial charge in [0, 0.05) is 32.0 Å². The van der Waals surface area contributed by atoms with Crippen molar-refractivity contribution in [2.24, 2.45) is 5.92 Å². The molecular weight excluding hydrogens is 276 g/mol. The summed E-state index contributed by atoms with van der Waals surface area (Å²) in [6.07, 6.45) is 2.25. The maximum absolute atomic E-state index is 12.0. The SMILES string of the molecule is CC1(C2CCN(C(=O)NCCCC(=O)O)CC2)OCCO1. The van der Waals surface area contributed by atoms with Gasteiger partial charge in [0.15, 0.2) is 5.79 Å². The molecule has 0 aromatic rings. The van der Waals surface area contributed by atoms with Crippen LogP contribution in [0.5, 0.6) is 0 Å². The number of carbonyl (C=O) groups is 2. The largest absolute Gasteiger partial charge is 0.481 e. The number of hydrogen-bond donors (Lipinski definition) is 2. The van der Waals surface area contributed by atoms with E-state index >= 15 is 0 Å². The van der Waals surface area contributed by atoms with Crippen LogP contribution >= 0.6 is 0 Å². The van der Waals surface area contributed by atoms with Crippen molar-refractivity contribution in [3.05, 3.63) is 0 Å². The Balaban J connectivity index is 1.68. The normalized spacial score (nSPS) is 22.2. The van der Waals surface area contributed by atoms with Crippen LogP contribution in [0, 0.1) is 5.92 Å². The van der Waals surface area contributed by atoms with Gasteiger partial charge in [0.05, 0.1) is 13.2 Å². The van der Waals surface area contributed by atoms with Crippen molar-refractivity contribution < 1.29 is 24.2 Å². The molecular formula is C14H24N2O5. The molecule has 21 heavy (non-hydrogen) atoms. The van der Waals surface area contributed by atoms with E-state index in [4.69, 9.17) is 14.6 Å². The molecule has 120 valence electrons. The van der Waals surface area contributed by atoms with Gasteiger partial charge in [-0.1, -0.05) is 0 Å². The van der Waals surface area contributed by atoms with Gasteiger partial charge in [0.2, 0.25) is 0 Å². The van der Waals surface area contributed by atoms with E-state index in [1.165, 1.54) is 0 Å². The van der Waals surface area contributed by atoms with Crippen LogP contribution < -0.4 is 5.32 Å². The minimum absolute atomic E-state index is 0.0788.